The second kappa shape index (κ2) is 14.2. The molecule has 1 amide bonds. The Morgan fingerprint density at radius 2 is 1.80 bits per heavy atom. The summed E-state index contributed by atoms with van der Waals surface area (Å²) in [5, 5.41) is 6.92. The maximum atomic E-state index is 14.8. The van der Waals surface area contributed by atoms with Crippen LogP contribution in [0.2, 0.25) is 0 Å². The van der Waals surface area contributed by atoms with Crippen molar-refractivity contribution in [1.29, 1.82) is 0 Å². The molecule has 0 aliphatic carbocycles. The lowest BCUT2D eigenvalue weighted by Crippen LogP contribution is -2.43. The van der Waals surface area contributed by atoms with Gasteiger partial charge in [0, 0.05) is 38.0 Å². The average Bonchev–Trinajstić information content (AvgIpc) is 3.66. The lowest BCUT2D eigenvalue weighted by molar-refractivity contribution is 0.0504. The fraction of sp³-hybridized carbons (Fsp3) is 0.606. The first-order valence-corrected chi connectivity index (χ1v) is 16.1. The first kappa shape index (κ1) is 33.3. The smallest absolute Gasteiger partial charge is 0.407 e. The summed E-state index contributed by atoms with van der Waals surface area (Å²) in [6.07, 6.45) is 5.62. The van der Waals surface area contributed by atoms with Gasteiger partial charge in [0.15, 0.2) is 11.6 Å². The highest BCUT2D eigenvalue weighted by atomic mass is 19.1. The predicted molar refractivity (Wildman–Crippen MR) is 169 cm³/mol. The molecule has 3 atom stereocenters. The Morgan fingerprint density at radius 3 is 2.46 bits per heavy atom. The standard InChI is InChI=1S/C33H45F2N7O4/c1-20(2)29-39-31(46-40-29)41-12-9-22(10-13-41)21(3)11-14-44-24-16-36-30(37-17-24)42-18-26(25-15-23(34)7-8-27(25)35)28(19-42)38-32(43)45-33(4,5)6/h7-8,15-17,20-22,26,28H,9-14,18-19H2,1-6H3,(H,38,43)/t21-,26-,28+/m1/s1. The second-order valence-electron chi connectivity index (χ2n) is 13.7. The summed E-state index contributed by atoms with van der Waals surface area (Å²) in [5.74, 6) is 1.37. The Hall–Kier alpha value is -4.03. The summed E-state index contributed by atoms with van der Waals surface area (Å²) in [6, 6.07) is 3.41. The monoisotopic (exact) mass is 641 g/mol. The molecule has 0 radical (unpaired) electrons. The molecule has 3 aromatic rings. The van der Waals surface area contributed by atoms with Crippen molar-refractivity contribution >= 4 is 18.1 Å². The van der Waals surface area contributed by atoms with Gasteiger partial charge in [0.1, 0.15) is 17.2 Å². The number of benzene rings is 1. The van der Waals surface area contributed by atoms with E-state index >= 15 is 0 Å². The molecule has 2 aliphatic heterocycles. The van der Waals surface area contributed by atoms with E-state index in [1.807, 2.05) is 4.90 Å². The fourth-order valence-electron chi connectivity index (χ4n) is 6.08. The van der Waals surface area contributed by atoms with Crippen LogP contribution in [0.25, 0.3) is 0 Å². The molecular formula is C33H45F2N7O4. The van der Waals surface area contributed by atoms with Gasteiger partial charge in [0.05, 0.1) is 25.0 Å². The summed E-state index contributed by atoms with van der Waals surface area (Å²) >= 11 is 0. The molecule has 1 aromatic carbocycles. The minimum Gasteiger partial charge on any atom is -0.490 e. The molecule has 0 bridgehead atoms. The van der Waals surface area contributed by atoms with Crippen molar-refractivity contribution in [2.24, 2.45) is 11.8 Å². The van der Waals surface area contributed by atoms with E-state index in [1.165, 1.54) is 6.07 Å². The van der Waals surface area contributed by atoms with Crippen molar-refractivity contribution in [3.8, 4) is 5.75 Å². The summed E-state index contributed by atoms with van der Waals surface area (Å²) < 4.78 is 45.8. The number of aromatic nitrogens is 4. The molecule has 11 nitrogen and oxygen atoms in total. The summed E-state index contributed by atoms with van der Waals surface area (Å²) in [5.41, 5.74) is -0.525. The average molecular weight is 642 g/mol. The zero-order chi connectivity index (χ0) is 33.0. The Kier molecular flexibility index (Phi) is 10.3. The summed E-state index contributed by atoms with van der Waals surface area (Å²) in [4.78, 5) is 30.1. The maximum Gasteiger partial charge on any atom is 0.407 e. The molecule has 2 saturated heterocycles. The molecule has 250 valence electrons. The van der Waals surface area contributed by atoms with Crippen LogP contribution in [0, 0.1) is 23.5 Å². The van der Waals surface area contributed by atoms with Gasteiger partial charge in [0.25, 0.3) is 0 Å². The zero-order valence-electron chi connectivity index (χ0n) is 27.5. The molecule has 4 heterocycles. The summed E-state index contributed by atoms with van der Waals surface area (Å²) in [6.45, 7) is 14.6. The van der Waals surface area contributed by atoms with Crippen LogP contribution in [0.1, 0.15) is 84.0 Å². The van der Waals surface area contributed by atoms with Crippen molar-refractivity contribution in [2.75, 3.05) is 42.6 Å². The third kappa shape index (κ3) is 8.41. The van der Waals surface area contributed by atoms with Crippen LogP contribution < -0.4 is 19.9 Å². The highest BCUT2D eigenvalue weighted by molar-refractivity contribution is 5.68. The van der Waals surface area contributed by atoms with Crippen molar-refractivity contribution in [1.82, 2.24) is 25.4 Å². The van der Waals surface area contributed by atoms with E-state index in [4.69, 9.17) is 14.0 Å². The minimum absolute atomic E-state index is 0.179. The Labute approximate surface area is 269 Å². The van der Waals surface area contributed by atoms with Gasteiger partial charge in [-0.25, -0.2) is 23.5 Å². The third-order valence-corrected chi connectivity index (χ3v) is 8.68. The van der Waals surface area contributed by atoms with Crippen LogP contribution in [0.15, 0.2) is 35.1 Å². The number of anilines is 2. The van der Waals surface area contributed by atoms with Crippen LogP contribution >= 0.6 is 0 Å². The number of nitrogens with zero attached hydrogens (tertiary/aromatic N) is 6. The number of piperidine rings is 1. The normalized spacial score (nSPS) is 19.8. The number of carbonyl (C=O) groups is 1. The number of ether oxygens (including phenoxy) is 2. The lowest BCUT2D eigenvalue weighted by atomic mass is 9.84. The van der Waals surface area contributed by atoms with Crippen LogP contribution in [0.5, 0.6) is 5.75 Å². The number of amides is 1. The molecule has 13 heteroatoms. The molecule has 2 aliphatic rings. The number of nitrogens with one attached hydrogen (secondary N) is 1. The first-order valence-electron chi connectivity index (χ1n) is 16.1. The topological polar surface area (TPSA) is 119 Å². The van der Waals surface area contributed by atoms with Crippen LogP contribution in [0.4, 0.5) is 25.5 Å². The van der Waals surface area contributed by atoms with Gasteiger partial charge in [-0.3, -0.25) is 0 Å². The van der Waals surface area contributed by atoms with Gasteiger partial charge in [-0.2, -0.15) is 4.98 Å². The minimum atomic E-state index is -0.704. The van der Waals surface area contributed by atoms with Gasteiger partial charge in [-0.05, 0) is 75.6 Å². The zero-order valence-corrected chi connectivity index (χ0v) is 27.5. The van der Waals surface area contributed by atoms with Crippen molar-refractivity contribution in [2.45, 2.75) is 84.3 Å². The molecule has 0 unspecified atom stereocenters. The number of hydrogen-bond donors (Lipinski definition) is 1. The van der Waals surface area contributed by atoms with E-state index in [-0.39, 0.29) is 18.0 Å². The molecule has 5 rings (SSSR count). The van der Waals surface area contributed by atoms with Crippen molar-refractivity contribution < 1.29 is 27.6 Å². The van der Waals surface area contributed by atoms with Gasteiger partial charge >= 0.3 is 12.1 Å². The number of hydrogen-bond acceptors (Lipinski definition) is 10. The van der Waals surface area contributed by atoms with Gasteiger partial charge in [-0.15, -0.1) is 0 Å². The predicted octanol–water partition coefficient (Wildman–Crippen LogP) is 6.08. The first-order chi connectivity index (χ1) is 21.9. The molecule has 0 spiro atoms. The number of carbonyl (C=O) groups excluding carboxylic acids is 1. The van der Waals surface area contributed by atoms with E-state index in [0.717, 1.165) is 50.3 Å². The maximum absolute atomic E-state index is 14.8. The number of rotatable bonds is 10. The highest BCUT2D eigenvalue weighted by Gasteiger charge is 2.38. The Balaban J connectivity index is 1.13. The van der Waals surface area contributed by atoms with Crippen LogP contribution in [-0.2, 0) is 4.74 Å². The Morgan fingerprint density at radius 1 is 1.09 bits per heavy atom. The van der Waals surface area contributed by atoms with E-state index in [1.54, 1.807) is 33.2 Å². The van der Waals surface area contributed by atoms with E-state index in [0.29, 0.717) is 42.7 Å². The lowest BCUT2D eigenvalue weighted by Gasteiger charge is -2.33. The molecule has 2 aromatic heterocycles. The Bertz CT molecular complexity index is 1450. The largest absolute Gasteiger partial charge is 0.490 e. The summed E-state index contributed by atoms with van der Waals surface area (Å²) in [7, 11) is 0. The molecule has 0 saturated carbocycles. The van der Waals surface area contributed by atoms with Crippen LogP contribution in [-0.4, -0.2) is 70.6 Å². The number of alkyl carbamates (subject to hydrolysis) is 1. The fourth-order valence-corrected chi connectivity index (χ4v) is 6.08. The molecule has 2 fully saturated rings. The van der Waals surface area contributed by atoms with Gasteiger partial charge in [0.2, 0.25) is 5.95 Å². The number of halogens is 2. The second-order valence-corrected chi connectivity index (χ2v) is 13.7. The highest BCUT2D eigenvalue weighted by Crippen LogP contribution is 2.33. The van der Waals surface area contributed by atoms with Crippen LogP contribution in [0.3, 0.4) is 0 Å². The van der Waals surface area contributed by atoms with Gasteiger partial charge in [-0.1, -0.05) is 25.9 Å². The molecule has 1 N–H and O–H groups in total. The van der Waals surface area contributed by atoms with E-state index < -0.39 is 35.3 Å². The van der Waals surface area contributed by atoms with Crippen molar-refractivity contribution in [3.63, 3.8) is 0 Å². The molecular weight excluding hydrogens is 596 g/mol. The van der Waals surface area contributed by atoms with Crippen molar-refractivity contribution in [3.05, 3.63) is 53.6 Å². The van der Waals surface area contributed by atoms with E-state index in [9.17, 15) is 13.6 Å². The third-order valence-electron chi connectivity index (χ3n) is 8.68. The van der Waals surface area contributed by atoms with E-state index in [2.05, 4.69) is 51.1 Å². The van der Waals surface area contributed by atoms with Gasteiger partial charge < -0.3 is 29.1 Å². The molecule has 46 heavy (non-hydrogen) atoms. The quantitative estimate of drug-likeness (QED) is 0.279. The SMILES string of the molecule is CC(C)c1noc(N2CCC([C@H](C)CCOc3cnc(N4C[C@H](NC(=O)OC(C)(C)C)[C@@H](c5cc(F)ccc5F)C4)nc3)CC2)n1.